The Kier molecular flexibility index (Phi) is 9.95. The maximum atomic E-state index is 12.5. The van der Waals surface area contributed by atoms with Gasteiger partial charge in [-0.3, -0.25) is 0 Å². The van der Waals surface area contributed by atoms with Crippen LogP contribution in [0.1, 0.15) is 43.4 Å². The van der Waals surface area contributed by atoms with Gasteiger partial charge in [-0.15, -0.1) is 0 Å². The maximum absolute atomic E-state index is 12.5. The summed E-state index contributed by atoms with van der Waals surface area (Å²) in [5, 5.41) is 0. The van der Waals surface area contributed by atoms with Crippen molar-refractivity contribution in [3.8, 4) is 0 Å². The molecule has 0 radical (unpaired) electrons. The summed E-state index contributed by atoms with van der Waals surface area (Å²) in [6, 6.07) is 31.4. The number of hydrogen-bond acceptors (Lipinski definition) is 6. The van der Waals surface area contributed by atoms with Crippen LogP contribution in [0.2, 0.25) is 0 Å². The minimum atomic E-state index is -2.48. The van der Waals surface area contributed by atoms with Gasteiger partial charge in [0, 0.05) is 19.3 Å². The van der Waals surface area contributed by atoms with Crippen LogP contribution in [0.4, 0.5) is 4.79 Å². The Bertz CT molecular complexity index is 1200. The molecule has 3 aromatic carbocycles. The van der Waals surface area contributed by atoms with Crippen LogP contribution < -0.4 is 0 Å². The summed E-state index contributed by atoms with van der Waals surface area (Å²) in [5.74, 6) is 0.429. The van der Waals surface area contributed by atoms with E-state index in [-0.39, 0.29) is 24.0 Å². The van der Waals surface area contributed by atoms with Crippen LogP contribution in [-0.4, -0.2) is 56.2 Å². The van der Waals surface area contributed by atoms with Crippen molar-refractivity contribution in [3.05, 3.63) is 108 Å². The fraction of sp³-hybridized carbons (Fsp3) is 0.424. The van der Waals surface area contributed by atoms with Gasteiger partial charge < -0.3 is 23.4 Å². The van der Waals surface area contributed by atoms with Crippen molar-refractivity contribution in [2.24, 2.45) is 11.8 Å². The Morgan fingerprint density at radius 1 is 0.854 bits per heavy atom. The number of carbonyl (C=O) groups is 1. The zero-order valence-corrected chi connectivity index (χ0v) is 25.6. The molecule has 6 nitrogen and oxygen atoms in total. The Morgan fingerprint density at radius 3 is 1.85 bits per heavy atom. The average molecular weight is 594 g/mol. The molecule has 41 heavy (non-hydrogen) atoms. The fourth-order valence-electron chi connectivity index (χ4n) is 6.37. The Morgan fingerprint density at radius 2 is 1.37 bits per heavy atom. The molecule has 0 aromatic heterocycles. The number of fused-ring (bicyclic) bond motifs is 1. The number of piperidine rings is 1. The van der Waals surface area contributed by atoms with Crippen molar-refractivity contribution in [2.75, 3.05) is 39.1 Å². The fourth-order valence-corrected chi connectivity index (χ4v) is 9.63. The first kappa shape index (κ1) is 29.9. The van der Waals surface area contributed by atoms with E-state index >= 15 is 0 Å². The van der Waals surface area contributed by atoms with Crippen LogP contribution in [-0.2, 0) is 35.9 Å². The van der Waals surface area contributed by atoms with Crippen LogP contribution in [0.3, 0.4) is 0 Å². The zero-order chi connectivity index (χ0) is 28.7. The number of benzene rings is 3. The molecule has 2 heterocycles. The number of rotatable bonds is 13. The quantitative estimate of drug-likeness (QED) is 0.154. The lowest BCUT2D eigenvalue weighted by Gasteiger charge is -2.41. The lowest BCUT2D eigenvalue weighted by atomic mass is 9.79. The molecule has 0 aliphatic carbocycles. The highest BCUT2D eigenvalue weighted by Crippen LogP contribution is 2.53. The highest BCUT2D eigenvalue weighted by Gasteiger charge is 2.45. The summed E-state index contributed by atoms with van der Waals surface area (Å²) in [7, 11) is 0. The third-order valence-electron chi connectivity index (χ3n) is 8.21. The molecule has 0 saturated carbocycles. The van der Waals surface area contributed by atoms with E-state index in [9.17, 15) is 4.79 Å². The van der Waals surface area contributed by atoms with Gasteiger partial charge in [0.1, 0.15) is 12.2 Å². The van der Waals surface area contributed by atoms with Crippen molar-refractivity contribution >= 4 is 24.4 Å². The molecule has 218 valence electrons. The Balaban J connectivity index is 1.44. The van der Waals surface area contributed by atoms with E-state index < -0.39 is 12.1 Å². The van der Waals surface area contributed by atoms with Gasteiger partial charge in [-0.05, 0) is 67.0 Å². The molecule has 2 aliphatic rings. The second kappa shape index (κ2) is 13.6. The van der Waals surface area contributed by atoms with Gasteiger partial charge in [0.05, 0.1) is 19.3 Å². The molecule has 2 aliphatic heterocycles. The molecule has 8 heteroatoms. The molecule has 5 rings (SSSR count). The first-order chi connectivity index (χ1) is 20.0. The highest BCUT2D eigenvalue weighted by molar-refractivity contribution is 8.09. The van der Waals surface area contributed by atoms with Gasteiger partial charge in [0.2, 0.25) is 0 Å². The molecular weight excluding hydrogens is 553 g/mol. The van der Waals surface area contributed by atoms with Crippen LogP contribution in [0.5, 0.6) is 0 Å². The predicted octanol–water partition coefficient (Wildman–Crippen LogP) is 7.22. The molecular formula is C33H40NO5PS. The van der Waals surface area contributed by atoms with Crippen LogP contribution in [0, 0.1) is 11.8 Å². The van der Waals surface area contributed by atoms with Gasteiger partial charge in [-0.25, -0.2) is 4.79 Å². The van der Waals surface area contributed by atoms with E-state index in [4.69, 9.17) is 30.3 Å². The third-order valence-corrected chi connectivity index (χ3v) is 11.5. The Labute approximate surface area is 249 Å². The third kappa shape index (κ3) is 6.60. The smallest absolute Gasteiger partial charge is 0.410 e. The normalized spacial score (nSPS) is 21.0. The van der Waals surface area contributed by atoms with Crippen LogP contribution in [0.15, 0.2) is 91.0 Å². The number of nitrogens with zero attached hydrogens (tertiary/aromatic N) is 1. The lowest BCUT2D eigenvalue weighted by Crippen LogP contribution is -2.47. The molecule has 3 atom stereocenters. The SMILES string of the molecule is CCOP(=S)(C[C@@H]1CN2C(=O)OC[C@@H]2C[C@@H]1CCOC(c1ccccc1)(c1ccccc1)c1ccccc1)OCC. The Hall–Kier alpha value is -2.54. The standard InChI is InChI=1S/C33H40NO5PS/c1-3-38-40(41,39-4-2)25-27-23-34-31(24-36-32(34)35)22-26(27)20-21-37-33(28-14-8-5-9-15-28,29-16-10-6-11-17-29)30-18-12-7-13-19-30/h5-19,26-27,31H,3-4,20-25H2,1-2H3/t26-,27-,31-/m0/s1. The summed E-state index contributed by atoms with van der Waals surface area (Å²) in [6.45, 7) is 4.04. The second-order valence-corrected chi connectivity index (χ2v) is 14.5. The predicted molar refractivity (Wildman–Crippen MR) is 166 cm³/mol. The number of cyclic esters (lactones) is 1. The molecule has 1 amide bonds. The van der Waals surface area contributed by atoms with Crippen molar-refractivity contribution in [2.45, 2.75) is 38.3 Å². The van der Waals surface area contributed by atoms with Crippen molar-refractivity contribution in [1.82, 2.24) is 4.90 Å². The molecule has 2 saturated heterocycles. The monoisotopic (exact) mass is 593 g/mol. The van der Waals surface area contributed by atoms with Gasteiger partial charge in [0.15, 0.2) is 6.49 Å². The van der Waals surface area contributed by atoms with Gasteiger partial charge >= 0.3 is 6.09 Å². The molecule has 0 unspecified atom stereocenters. The van der Waals surface area contributed by atoms with E-state index in [0.29, 0.717) is 39.1 Å². The second-order valence-electron chi connectivity index (χ2n) is 10.7. The van der Waals surface area contributed by atoms with Crippen molar-refractivity contribution in [1.29, 1.82) is 0 Å². The summed E-state index contributed by atoms with van der Waals surface area (Å²) in [6.07, 6.45) is 2.08. The van der Waals surface area contributed by atoms with Crippen molar-refractivity contribution in [3.63, 3.8) is 0 Å². The van der Waals surface area contributed by atoms with Gasteiger partial charge in [0.25, 0.3) is 0 Å². The zero-order valence-electron chi connectivity index (χ0n) is 23.9. The van der Waals surface area contributed by atoms with E-state index in [0.717, 1.165) is 29.5 Å². The van der Waals surface area contributed by atoms with E-state index in [1.165, 1.54) is 0 Å². The van der Waals surface area contributed by atoms with Crippen LogP contribution in [0.25, 0.3) is 0 Å². The highest BCUT2D eigenvalue weighted by atomic mass is 32.5. The van der Waals surface area contributed by atoms with E-state index in [1.54, 1.807) is 0 Å². The maximum Gasteiger partial charge on any atom is 0.410 e. The number of ether oxygens (including phenoxy) is 2. The largest absolute Gasteiger partial charge is 0.447 e. The van der Waals surface area contributed by atoms with Crippen LogP contribution >= 0.6 is 6.49 Å². The molecule has 0 N–H and O–H groups in total. The molecule has 2 fully saturated rings. The number of carbonyl (C=O) groups excluding carboxylic acids is 1. The molecule has 3 aromatic rings. The molecule has 0 bridgehead atoms. The summed E-state index contributed by atoms with van der Waals surface area (Å²) in [5.41, 5.74) is 2.49. The van der Waals surface area contributed by atoms with E-state index in [1.807, 2.05) is 36.9 Å². The minimum Gasteiger partial charge on any atom is -0.447 e. The van der Waals surface area contributed by atoms with Gasteiger partial charge in [-0.1, -0.05) is 91.0 Å². The minimum absolute atomic E-state index is 0.0860. The summed E-state index contributed by atoms with van der Waals surface area (Å²) >= 11 is 5.95. The molecule has 0 spiro atoms. The first-order valence-electron chi connectivity index (χ1n) is 14.6. The summed E-state index contributed by atoms with van der Waals surface area (Å²) in [4.78, 5) is 14.4. The topological polar surface area (TPSA) is 57.2 Å². The number of hydrogen-bond donors (Lipinski definition) is 0. The number of amides is 1. The average Bonchev–Trinajstić information content (AvgIpc) is 3.36. The lowest BCUT2D eigenvalue weighted by molar-refractivity contribution is -0.00466. The van der Waals surface area contributed by atoms with Crippen molar-refractivity contribution < 1.29 is 23.3 Å². The summed E-state index contributed by atoms with van der Waals surface area (Å²) < 4.78 is 24.6. The van der Waals surface area contributed by atoms with E-state index in [2.05, 4.69) is 72.8 Å². The first-order valence-corrected chi connectivity index (χ1v) is 17.4. The van der Waals surface area contributed by atoms with Gasteiger partial charge in [-0.2, -0.15) is 0 Å².